The van der Waals surface area contributed by atoms with Crippen molar-refractivity contribution in [2.45, 2.75) is 354 Å². The number of rotatable bonds is 73. The zero-order chi connectivity index (χ0) is 71.8. The van der Waals surface area contributed by atoms with E-state index in [4.69, 9.17) is 37.0 Å². The predicted octanol–water partition coefficient (Wildman–Crippen LogP) is 22.2. The van der Waals surface area contributed by atoms with Crippen LogP contribution < -0.4 is 0 Å². The van der Waals surface area contributed by atoms with Crippen molar-refractivity contribution < 1.29 is 80.2 Å². The van der Waals surface area contributed by atoms with E-state index in [9.17, 15) is 43.2 Å². The van der Waals surface area contributed by atoms with Gasteiger partial charge in [0.2, 0.25) is 0 Å². The number of ether oxygens (including phenoxy) is 4. The quantitative estimate of drug-likeness (QED) is 0.0169. The van der Waals surface area contributed by atoms with E-state index < -0.39 is 97.5 Å². The van der Waals surface area contributed by atoms with Crippen LogP contribution in [0.5, 0.6) is 0 Å². The molecular formula is C79H140O17P2. The van der Waals surface area contributed by atoms with Crippen molar-refractivity contribution in [2.24, 2.45) is 0 Å². The fourth-order valence-electron chi connectivity index (χ4n) is 10.5. The molecule has 5 unspecified atom stereocenters. The number of phosphoric ester groups is 2. The summed E-state index contributed by atoms with van der Waals surface area (Å²) in [6, 6.07) is 0. The first-order chi connectivity index (χ1) is 47.7. The highest BCUT2D eigenvalue weighted by Gasteiger charge is 2.30. The third-order valence-corrected chi connectivity index (χ3v) is 18.3. The van der Waals surface area contributed by atoms with Crippen molar-refractivity contribution >= 4 is 39.5 Å². The number of hydrogen-bond donors (Lipinski definition) is 3. The number of aliphatic hydroxyl groups is 1. The standard InChI is InChI=1S/C79H140O17P2/c1-5-9-13-17-21-25-29-32-34-35-36-37-39-42-45-48-52-56-60-64-77(82)89-69-74(95-78(83)65-61-57-53-49-43-28-24-20-16-12-8-4)71-93-97(85,86)91-67-73(80)68-92-98(87,88)94-72-75(96-79(84)66-62-58-54-50-46-40-31-27-23-19-15-11-7-3)70-90-76(81)63-59-55-51-47-44-41-38-33-30-26-22-18-14-10-6-2/h9,13,21,25,32-34,36-38,42,45,52,56,73-75,80H,5-8,10-12,14-20,22-24,26-31,35,39-41,43-44,46-51,53-55,57-72H2,1-4H3,(H,85,86)(H,87,88)/b13-9-,25-21-,34-32-,37-36-,38-33-,45-42-,56-52-. The summed E-state index contributed by atoms with van der Waals surface area (Å²) in [6.07, 6.45) is 73.0. The van der Waals surface area contributed by atoms with Gasteiger partial charge in [-0.1, -0.05) is 305 Å². The molecule has 0 aromatic heterocycles. The van der Waals surface area contributed by atoms with Crippen LogP contribution in [0.4, 0.5) is 0 Å². The third-order valence-electron chi connectivity index (χ3n) is 16.4. The fraction of sp³-hybridized carbons (Fsp3) is 0.772. The highest BCUT2D eigenvalue weighted by Crippen LogP contribution is 2.45. The van der Waals surface area contributed by atoms with Crippen molar-refractivity contribution in [1.29, 1.82) is 0 Å². The molecule has 3 N–H and O–H groups in total. The molecule has 19 heteroatoms. The van der Waals surface area contributed by atoms with E-state index in [0.717, 1.165) is 122 Å². The summed E-state index contributed by atoms with van der Waals surface area (Å²) in [6.45, 7) is 4.69. The van der Waals surface area contributed by atoms with Crippen molar-refractivity contribution in [3.63, 3.8) is 0 Å². The Balaban J connectivity index is 5.35. The Kier molecular flexibility index (Phi) is 68.9. The molecule has 0 spiro atoms. The molecule has 0 heterocycles. The second-order valence-electron chi connectivity index (χ2n) is 25.9. The average Bonchev–Trinajstić information content (AvgIpc) is 1.00. The molecule has 0 aliphatic carbocycles. The summed E-state index contributed by atoms with van der Waals surface area (Å²) in [5.74, 6) is -2.26. The lowest BCUT2D eigenvalue weighted by atomic mass is 10.0. The molecule has 17 nitrogen and oxygen atoms in total. The van der Waals surface area contributed by atoms with E-state index in [1.165, 1.54) is 128 Å². The van der Waals surface area contributed by atoms with E-state index in [2.05, 4.69) is 94.5 Å². The summed E-state index contributed by atoms with van der Waals surface area (Å²) in [7, 11) is -9.95. The second-order valence-corrected chi connectivity index (χ2v) is 28.8. The average molecular weight is 1420 g/mol. The van der Waals surface area contributed by atoms with Gasteiger partial charge in [-0.25, -0.2) is 9.13 Å². The minimum atomic E-state index is -4.98. The smallest absolute Gasteiger partial charge is 0.462 e. The third kappa shape index (κ3) is 70.7. The van der Waals surface area contributed by atoms with Gasteiger partial charge in [0.05, 0.1) is 26.4 Å². The van der Waals surface area contributed by atoms with E-state index in [1.807, 2.05) is 18.2 Å². The summed E-state index contributed by atoms with van der Waals surface area (Å²) < 4.78 is 68.4. The van der Waals surface area contributed by atoms with Gasteiger partial charge in [0, 0.05) is 25.7 Å². The molecule has 0 amide bonds. The monoisotopic (exact) mass is 1420 g/mol. The normalized spacial score (nSPS) is 14.4. The zero-order valence-electron chi connectivity index (χ0n) is 62.0. The second kappa shape index (κ2) is 71.6. The van der Waals surface area contributed by atoms with E-state index in [1.54, 1.807) is 0 Å². The Morgan fingerprint density at radius 1 is 0.296 bits per heavy atom. The van der Waals surface area contributed by atoms with Gasteiger partial charge in [0.1, 0.15) is 19.3 Å². The van der Waals surface area contributed by atoms with Gasteiger partial charge in [0.15, 0.2) is 12.2 Å². The van der Waals surface area contributed by atoms with Crippen molar-refractivity contribution in [1.82, 2.24) is 0 Å². The first-order valence-corrected chi connectivity index (χ1v) is 41.8. The van der Waals surface area contributed by atoms with Crippen LogP contribution in [0.15, 0.2) is 85.1 Å². The molecule has 0 radical (unpaired) electrons. The lowest BCUT2D eigenvalue weighted by Crippen LogP contribution is -2.30. The van der Waals surface area contributed by atoms with Gasteiger partial charge in [-0.05, 0) is 89.9 Å². The van der Waals surface area contributed by atoms with E-state index in [0.29, 0.717) is 32.1 Å². The molecule has 0 fully saturated rings. The first kappa shape index (κ1) is 94.2. The SMILES string of the molecule is CC/C=C\C/C=C\C/C=C\C/C=C\C/C=C\C/C=C\CCC(=O)OCC(COP(=O)(O)OCC(O)COP(=O)(O)OCC(COC(=O)CCCCCCC/C=C\CCCCCCCC)OC(=O)CCCCCCCCCCCCCCC)OC(=O)CCCCCCCCCCCCC. The number of carbonyl (C=O) groups excluding carboxylic acids is 4. The minimum Gasteiger partial charge on any atom is -0.462 e. The van der Waals surface area contributed by atoms with Crippen molar-refractivity contribution in [3.05, 3.63) is 85.1 Å². The number of carbonyl (C=O) groups is 4. The number of hydrogen-bond acceptors (Lipinski definition) is 15. The molecule has 0 rings (SSSR count). The molecule has 98 heavy (non-hydrogen) atoms. The van der Waals surface area contributed by atoms with Gasteiger partial charge in [-0.15, -0.1) is 0 Å². The van der Waals surface area contributed by atoms with Crippen LogP contribution in [0.2, 0.25) is 0 Å². The Bertz CT molecular complexity index is 2190. The van der Waals surface area contributed by atoms with Gasteiger partial charge < -0.3 is 33.8 Å². The van der Waals surface area contributed by atoms with Crippen molar-refractivity contribution in [3.8, 4) is 0 Å². The van der Waals surface area contributed by atoms with Crippen LogP contribution in [-0.4, -0.2) is 96.7 Å². The molecule has 0 aliphatic heterocycles. The lowest BCUT2D eigenvalue weighted by molar-refractivity contribution is -0.161. The largest absolute Gasteiger partial charge is 0.472 e. The molecular weight excluding hydrogens is 1280 g/mol. The maximum absolute atomic E-state index is 13.1. The Labute approximate surface area is 595 Å². The molecule has 0 aromatic rings. The number of phosphoric acid groups is 2. The van der Waals surface area contributed by atoms with Gasteiger partial charge in [-0.2, -0.15) is 0 Å². The Morgan fingerprint density at radius 3 is 0.878 bits per heavy atom. The molecule has 0 saturated carbocycles. The zero-order valence-corrected chi connectivity index (χ0v) is 63.7. The summed E-state index contributed by atoms with van der Waals surface area (Å²) in [5, 5.41) is 10.6. The molecule has 0 saturated heterocycles. The Hall–Kier alpha value is -3.76. The molecule has 0 aromatic carbocycles. The number of esters is 4. The number of allylic oxidation sites excluding steroid dienone is 14. The molecule has 0 bridgehead atoms. The maximum Gasteiger partial charge on any atom is 0.472 e. The summed E-state index contributed by atoms with van der Waals surface area (Å²) in [5.41, 5.74) is 0. The summed E-state index contributed by atoms with van der Waals surface area (Å²) in [4.78, 5) is 72.8. The van der Waals surface area contributed by atoms with Gasteiger partial charge in [-0.3, -0.25) is 37.3 Å². The van der Waals surface area contributed by atoms with Gasteiger partial charge >= 0.3 is 39.5 Å². The predicted molar refractivity (Wildman–Crippen MR) is 399 cm³/mol. The lowest BCUT2D eigenvalue weighted by Gasteiger charge is -2.21. The molecule has 568 valence electrons. The van der Waals surface area contributed by atoms with Crippen LogP contribution >= 0.6 is 15.6 Å². The Morgan fingerprint density at radius 2 is 0.551 bits per heavy atom. The van der Waals surface area contributed by atoms with Crippen LogP contribution in [-0.2, 0) is 65.4 Å². The van der Waals surface area contributed by atoms with E-state index >= 15 is 0 Å². The van der Waals surface area contributed by atoms with Crippen LogP contribution in [0.25, 0.3) is 0 Å². The maximum atomic E-state index is 13.1. The van der Waals surface area contributed by atoms with Crippen LogP contribution in [0, 0.1) is 0 Å². The molecule has 5 atom stereocenters. The van der Waals surface area contributed by atoms with Crippen LogP contribution in [0.3, 0.4) is 0 Å². The number of aliphatic hydroxyl groups excluding tert-OH is 1. The first-order valence-electron chi connectivity index (χ1n) is 38.8. The van der Waals surface area contributed by atoms with E-state index in [-0.39, 0.29) is 25.7 Å². The molecule has 0 aliphatic rings. The topological polar surface area (TPSA) is 237 Å². The fourth-order valence-corrected chi connectivity index (χ4v) is 12.1. The minimum absolute atomic E-state index is 0.0389. The van der Waals surface area contributed by atoms with Gasteiger partial charge in [0.25, 0.3) is 0 Å². The number of unbranched alkanes of at least 4 members (excludes halogenated alkanes) is 33. The highest BCUT2D eigenvalue weighted by atomic mass is 31.2. The van der Waals surface area contributed by atoms with Crippen molar-refractivity contribution in [2.75, 3.05) is 39.6 Å². The van der Waals surface area contributed by atoms with Crippen LogP contribution in [0.1, 0.15) is 336 Å². The highest BCUT2D eigenvalue weighted by molar-refractivity contribution is 7.47. The summed E-state index contributed by atoms with van der Waals surface area (Å²) >= 11 is 0.